The summed E-state index contributed by atoms with van der Waals surface area (Å²) < 4.78 is 11.9. The Hall–Kier alpha value is -1.91. The van der Waals surface area contributed by atoms with Gasteiger partial charge in [-0.25, -0.2) is 0 Å². The summed E-state index contributed by atoms with van der Waals surface area (Å²) in [6.07, 6.45) is 3.65. The molecule has 2 aromatic rings. The van der Waals surface area contributed by atoms with Crippen LogP contribution in [0.4, 0.5) is 0 Å². The van der Waals surface area contributed by atoms with Crippen LogP contribution in [0.25, 0.3) is 0 Å². The highest BCUT2D eigenvalue weighted by atomic mass is 28.4. The van der Waals surface area contributed by atoms with Crippen molar-refractivity contribution in [1.82, 2.24) is 0 Å². The van der Waals surface area contributed by atoms with Crippen molar-refractivity contribution in [3.05, 3.63) is 60.7 Å². The van der Waals surface area contributed by atoms with E-state index in [0.29, 0.717) is 24.2 Å². The molecule has 3 atom stereocenters. The molecule has 0 unspecified atom stereocenters. The van der Waals surface area contributed by atoms with Crippen LogP contribution in [0.15, 0.2) is 60.7 Å². The quantitative estimate of drug-likeness (QED) is 0.275. The van der Waals surface area contributed by atoms with Gasteiger partial charge in [-0.15, -0.1) is 0 Å². The van der Waals surface area contributed by atoms with Gasteiger partial charge in [-0.1, -0.05) is 102 Å². The Morgan fingerprint density at radius 3 is 1.76 bits per heavy atom. The molecule has 0 aliphatic rings. The number of rotatable bonds is 12. The molecule has 0 aliphatic carbocycles. The number of hydrogen-bond donors (Lipinski definition) is 0. The normalized spacial score (nSPS) is 15.0. The first-order valence-electron chi connectivity index (χ1n) is 12.4. The lowest BCUT2D eigenvalue weighted by Crippen LogP contribution is -2.66. The van der Waals surface area contributed by atoms with Crippen molar-refractivity contribution in [2.45, 2.75) is 72.3 Å². The van der Waals surface area contributed by atoms with Crippen LogP contribution in [0, 0.1) is 17.8 Å². The third kappa shape index (κ3) is 7.55. The first-order chi connectivity index (χ1) is 15.6. The molecule has 33 heavy (non-hydrogen) atoms. The zero-order valence-corrected chi connectivity index (χ0v) is 22.8. The lowest BCUT2D eigenvalue weighted by atomic mass is 9.88. The van der Waals surface area contributed by atoms with Crippen molar-refractivity contribution < 1.29 is 14.0 Å². The van der Waals surface area contributed by atoms with Gasteiger partial charge in [-0.3, -0.25) is 4.79 Å². The Morgan fingerprint density at radius 1 is 0.818 bits per heavy atom. The Bertz CT molecular complexity index is 789. The van der Waals surface area contributed by atoms with Crippen molar-refractivity contribution >= 4 is 24.7 Å². The highest BCUT2D eigenvalue weighted by molar-refractivity contribution is 6.99. The van der Waals surface area contributed by atoms with E-state index in [2.05, 4.69) is 102 Å². The van der Waals surface area contributed by atoms with Crippen molar-refractivity contribution in [1.29, 1.82) is 0 Å². The monoisotopic (exact) mass is 468 g/mol. The molecule has 2 aromatic carbocycles. The van der Waals surface area contributed by atoms with Crippen molar-refractivity contribution in [3.8, 4) is 0 Å². The number of hydrogen-bond acceptors (Lipinski definition) is 3. The van der Waals surface area contributed by atoms with Crippen LogP contribution < -0.4 is 10.4 Å². The smallest absolute Gasteiger partial charge is 0.305 e. The second-order valence-corrected chi connectivity index (χ2v) is 15.2. The molecule has 2 rings (SSSR count). The van der Waals surface area contributed by atoms with Gasteiger partial charge in [0, 0.05) is 13.0 Å². The zero-order chi connectivity index (χ0) is 24.5. The van der Waals surface area contributed by atoms with Crippen molar-refractivity contribution in [2.24, 2.45) is 17.8 Å². The van der Waals surface area contributed by atoms with E-state index < -0.39 is 8.32 Å². The predicted octanol–water partition coefficient (Wildman–Crippen LogP) is 6.20. The van der Waals surface area contributed by atoms with Crippen LogP contribution in [-0.4, -0.2) is 28.0 Å². The standard InChI is InChI=1S/C29H44O3Si/c1-23(18-19-28(30)31-7)20-24(2)21-25(3)22-32-33(29(4,5)6,26-14-10-8-11-15-26)27-16-12-9-13-17-27/h8-17,23-25H,18-22H2,1-7H3/t23-,24+,25+/m1/s1. The van der Waals surface area contributed by atoms with Gasteiger partial charge in [0.25, 0.3) is 8.32 Å². The molecule has 0 saturated heterocycles. The average Bonchev–Trinajstić information content (AvgIpc) is 2.78. The highest BCUT2D eigenvalue weighted by Crippen LogP contribution is 2.37. The number of ether oxygens (including phenoxy) is 1. The molecule has 0 radical (unpaired) electrons. The summed E-state index contributed by atoms with van der Waals surface area (Å²) in [4.78, 5) is 11.4. The lowest BCUT2D eigenvalue weighted by molar-refractivity contribution is -0.140. The highest BCUT2D eigenvalue weighted by Gasteiger charge is 2.50. The topological polar surface area (TPSA) is 35.5 Å². The summed E-state index contributed by atoms with van der Waals surface area (Å²) in [6, 6.07) is 21.7. The van der Waals surface area contributed by atoms with E-state index in [4.69, 9.17) is 9.16 Å². The fourth-order valence-electron chi connectivity index (χ4n) is 5.15. The third-order valence-electron chi connectivity index (χ3n) is 6.68. The van der Waals surface area contributed by atoms with E-state index >= 15 is 0 Å². The van der Waals surface area contributed by atoms with Crippen molar-refractivity contribution in [2.75, 3.05) is 13.7 Å². The lowest BCUT2D eigenvalue weighted by Gasteiger charge is -2.43. The van der Waals surface area contributed by atoms with Gasteiger partial charge in [0.2, 0.25) is 0 Å². The summed E-state index contributed by atoms with van der Waals surface area (Å²) >= 11 is 0. The predicted molar refractivity (Wildman–Crippen MR) is 142 cm³/mol. The van der Waals surface area contributed by atoms with E-state index in [-0.39, 0.29) is 11.0 Å². The molecule has 0 aliphatic heterocycles. The molecule has 182 valence electrons. The minimum Gasteiger partial charge on any atom is -0.469 e. The van der Waals surface area contributed by atoms with Gasteiger partial charge in [0.1, 0.15) is 0 Å². The average molecular weight is 469 g/mol. The van der Waals surface area contributed by atoms with E-state index in [1.165, 1.54) is 17.5 Å². The van der Waals surface area contributed by atoms with E-state index in [1.54, 1.807) is 0 Å². The Labute approximate surface area is 203 Å². The van der Waals surface area contributed by atoms with Gasteiger partial charge < -0.3 is 9.16 Å². The minimum absolute atomic E-state index is 0.00342. The van der Waals surface area contributed by atoms with Crippen LogP contribution in [0.2, 0.25) is 5.04 Å². The Balaban J connectivity index is 2.12. The van der Waals surface area contributed by atoms with E-state index in [1.807, 2.05) is 0 Å². The molecule has 0 spiro atoms. The largest absolute Gasteiger partial charge is 0.469 e. The summed E-state index contributed by atoms with van der Waals surface area (Å²) in [6.45, 7) is 14.6. The second-order valence-electron chi connectivity index (χ2n) is 10.9. The molecule has 0 fully saturated rings. The molecule has 4 heteroatoms. The first kappa shape index (κ1) is 27.3. The molecule has 3 nitrogen and oxygen atoms in total. The van der Waals surface area contributed by atoms with E-state index in [9.17, 15) is 4.79 Å². The maximum atomic E-state index is 11.4. The maximum Gasteiger partial charge on any atom is 0.305 e. The summed E-state index contributed by atoms with van der Waals surface area (Å²) in [5.74, 6) is 1.47. The van der Waals surface area contributed by atoms with Gasteiger partial charge in [0.05, 0.1) is 7.11 Å². The molecule has 0 aromatic heterocycles. The summed E-state index contributed by atoms with van der Waals surface area (Å²) in [7, 11) is -1.01. The van der Waals surface area contributed by atoms with Crippen LogP contribution in [0.3, 0.4) is 0 Å². The fourth-order valence-corrected chi connectivity index (χ4v) is 9.84. The van der Waals surface area contributed by atoms with Crippen LogP contribution in [0.5, 0.6) is 0 Å². The van der Waals surface area contributed by atoms with Crippen LogP contribution in [0.1, 0.15) is 67.2 Å². The Morgan fingerprint density at radius 2 is 1.30 bits per heavy atom. The van der Waals surface area contributed by atoms with Crippen LogP contribution in [-0.2, 0) is 14.0 Å². The summed E-state index contributed by atoms with van der Waals surface area (Å²) in [5.41, 5.74) is 0. The first-order valence-corrected chi connectivity index (χ1v) is 14.3. The molecule has 0 amide bonds. The number of benzene rings is 2. The maximum absolute atomic E-state index is 11.4. The molecule has 0 bridgehead atoms. The molecular weight excluding hydrogens is 424 g/mol. The molecule has 0 saturated carbocycles. The van der Waals surface area contributed by atoms with Gasteiger partial charge >= 0.3 is 5.97 Å². The van der Waals surface area contributed by atoms with Gasteiger partial charge in [-0.2, -0.15) is 0 Å². The third-order valence-corrected chi connectivity index (χ3v) is 11.7. The minimum atomic E-state index is -2.48. The van der Waals surface area contributed by atoms with Crippen molar-refractivity contribution in [3.63, 3.8) is 0 Å². The number of carbonyl (C=O) groups is 1. The second kappa shape index (κ2) is 12.5. The SMILES string of the molecule is COC(=O)CC[C@@H](C)C[C@H](C)C[C@H](C)CO[Si](c1ccccc1)(c1ccccc1)C(C)(C)C. The van der Waals surface area contributed by atoms with Gasteiger partial charge in [-0.05, 0) is 52.4 Å². The summed E-state index contributed by atoms with van der Waals surface area (Å²) in [5, 5.41) is 2.67. The molecular formula is C29H44O3Si. The Kier molecular flexibility index (Phi) is 10.4. The fraction of sp³-hybridized carbons (Fsp3) is 0.552. The van der Waals surface area contributed by atoms with Crippen LogP contribution >= 0.6 is 0 Å². The zero-order valence-electron chi connectivity index (χ0n) is 21.8. The number of carbonyl (C=O) groups excluding carboxylic acids is 1. The van der Waals surface area contributed by atoms with Gasteiger partial charge in [0.15, 0.2) is 0 Å². The molecule has 0 N–H and O–H groups in total. The molecule has 0 heterocycles. The number of methoxy groups -OCH3 is 1. The van der Waals surface area contributed by atoms with E-state index in [0.717, 1.165) is 25.9 Å². The number of esters is 1.